The smallest absolute Gasteiger partial charge is 0.259 e. The van der Waals surface area contributed by atoms with E-state index in [9.17, 15) is 4.79 Å². The Morgan fingerprint density at radius 2 is 2.41 bits per heavy atom. The fourth-order valence-corrected chi connectivity index (χ4v) is 3.99. The van der Waals surface area contributed by atoms with Gasteiger partial charge < -0.3 is 4.98 Å². The van der Waals surface area contributed by atoms with Gasteiger partial charge in [0.05, 0.1) is 11.3 Å². The van der Waals surface area contributed by atoms with E-state index in [1.807, 2.05) is 0 Å². The highest BCUT2D eigenvalue weighted by molar-refractivity contribution is 7.18. The van der Waals surface area contributed by atoms with Crippen LogP contribution in [0.2, 0.25) is 0 Å². The van der Waals surface area contributed by atoms with Gasteiger partial charge in [-0.3, -0.25) is 4.79 Å². The number of aromatic amines is 1. The first-order valence-corrected chi connectivity index (χ1v) is 7.13. The van der Waals surface area contributed by atoms with E-state index in [2.05, 4.69) is 16.9 Å². The number of fused-ring (bicyclic) bond motifs is 3. The van der Waals surface area contributed by atoms with E-state index in [0.717, 1.165) is 29.5 Å². The molecule has 0 amide bonds. The Labute approximate surface area is 108 Å². The number of thiophene rings is 1. The molecule has 1 N–H and O–H groups in total. The maximum absolute atomic E-state index is 12.0. The lowest BCUT2D eigenvalue weighted by molar-refractivity contribution is 0.509. The van der Waals surface area contributed by atoms with Crippen molar-refractivity contribution in [2.75, 3.05) is 0 Å². The van der Waals surface area contributed by atoms with Gasteiger partial charge in [-0.05, 0) is 30.7 Å². The molecule has 0 saturated carbocycles. The number of aromatic nitrogens is 2. The summed E-state index contributed by atoms with van der Waals surface area (Å²) < 4.78 is 0. The molecule has 0 saturated heterocycles. The molecule has 2 heterocycles. The standard InChI is InChI=1S/C12H13ClN2OS/c1-6-2-3-7-8(4-6)17-12-10(7)11(16)14-9(5-13)15-12/h6H,2-5H2,1H3,(H,14,15,16)/t6-/m0/s1. The third-order valence-corrected chi connectivity index (χ3v) is 4.74. The van der Waals surface area contributed by atoms with Crippen LogP contribution in [0.25, 0.3) is 10.2 Å². The predicted octanol–water partition coefficient (Wildman–Crippen LogP) is 2.85. The number of rotatable bonds is 1. The molecule has 2 aromatic rings. The molecule has 1 atom stereocenters. The summed E-state index contributed by atoms with van der Waals surface area (Å²) in [6.45, 7) is 2.26. The first kappa shape index (κ1) is 11.2. The molecule has 0 aliphatic heterocycles. The highest BCUT2D eigenvalue weighted by Gasteiger charge is 2.22. The Kier molecular flexibility index (Phi) is 2.71. The summed E-state index contributed by atoms with van der Waals surface area (Å²) in [7, 11) is 0. The van der Waals surface area contributed by atoms with Gasteiger partial charge in [0.1, 0.15) is 10.7 Å². The van der Waals surface area contributed by atoms with Gasteiger partial charge >= 0.3 is 0 Å². The minimum atomic E-state index is -0.0299. The van der Waals surface area contributed by atoms with Gasteiger partial charge in [0.25, 0.3) is 5.56 Å². The van der Waals surface area contributed by atoms with E-state index in [4.69, 9.17) is 11.6 Å². The summed E-state index contributed by atoms with van der Waals surface area (Å²) in [4.78, 5) is 21.4. The molecule has 5 heteroatoms. The molecule has 3 rings (SSSR count). The zero-order chi connectivity index (χ0) is 12.0. The third kappa shape index (κ3) is 1.79. The molecule has 17 heavy (non-hydrogen) atoms. The largest absolute Gasteiger partial charge is 0.309 e. The second kappa shape index (κ2) is 4.10. The first-order valence-electron chi connectivity index (χ1n) is 5.78. The monoisotopic (exact) mass is 268 g/mol. The van der Waals surface area contributed by atoms with Crippen molar-refractivity contribution >= 4 is 33.2 Å². The maximum atomic E-state index is 12.0. The molecule has 0 aromatic carbocycles. The lowest BCUT2D eigenvalue weighted by atomic mass is 9.89. The first-order chi connectivity index (χ1) is 8.19. The molecule has 0 spiro atoms. The third-order valence-electron chi connectivity index (χ3n) is 3.34. The molecular weight excluding hydrogens is 256 g/mol. The van der Waals surface area contributed by atoms with Crippen molar-refractivity contribution < 1.29 is 0 Å². The lowest BCUT2D eigenvalue weighted by Crippen LogP contribution is -2.14. The van der Waals surface area contributed by atoms with E-state index in [-0.39, 0.29) is 11.4 Å². The zero-order valence-electron chi connectivity index (χ0n) is 9.55. The Morgan fingerprint density at radius 3 is 3.18 bits per heavy atom. The van der Waals surface area contributed by atoms with Crippen LogP contribution in [0.4, 0.5) is 0 Å². The molecule has 0 fully saturated rings. The van der Waals surface area contributed by atoms with Crippen LogP contribution in [-0.4, -0.2) is 9.97 Å². The minimum Gasteiger partial charge on any atom is -0.309 e. The summed E-state index contributed by atoms with van der Waals surface area (Å²) in [5.41, 5.74) is 1.19. The van der Waals surface area contributed by atoms with Crippen LogP contribution >= 0.6 is 22.9 Å². The van der Waals surface area contributed by atoms with Gasteiger partial charge in [0.2, 0.25) is 0 Å². The maximum Gasteiger partial charge on any atom is 0.259 e. The Balaban J connectivity index is 2.28. The highest BCUT2D eigenvalue weighted by Crippen LogP contribution is 2.35. The van der Waals surface area contributed by atoms with E-state index in [1.54, 1.807) is 11.3 Å². The topological polar surface area (TPSA) is 45.8 Å². The van der Waals surface area contributed by atoms with Crippen molar-refractivity contribution in [3.63, 3.8) is 0 Å². The van der Waals surface area contributed by atoms with Gasteiger partial charge in [-0.25, -0.2) is 4.98 Å². The van der Waals surface area contributed by atoms with Crippen LogP contribution in [0.5, 0.6) is 0 Å². The lowest BCUT2D eigenvalue weighted by Gasteiger charge is -2.17. The van der Waals surface area contributed by atoms with Crippen molar-refractivity contribution in [2.24, 2.45) is 5.92 Å². The second-order valence-corrected chi connectivity index (χ2v) is 6.03. The number of halogens is 1. The number of alkyl halides is 1. The van der Waals surface area contributed by atoms with Gasteiger partial charge in [0, 0.05) is 4.88 Å². The van der Waals surface area contributed by atoms with Gasteiger partial charge in [-0.15, -0.1) is 22.9 Å². The summed E-state index contributed by atoms with van der Waals surface area (Å²) in [5, 5.41) is 0.797. The summed E-state index contributed by atoms with van der Waals surface area (Å²) in [6.07, 6.45) is 3.24. The van der Waals surface area contributed by atoms with Gasteiger partial charge in [-0.1, -0.05) is 6.92 Å². The number of nitrogens with one attached hydrogen (secondary N) is 1. The van der Waals surface area contributed by atoms with E-state index >= 15 is 0 Å². The molecule has 0 radical (unpaired) electrons. The SMILES string of the molecule is C[C@H]1CCc2c(sc3nc(CCl)[nH]c(=O)c23)C1. The van der Waals surface area contributed by atoms with E-state index in [1.165, 1.54) is 10.4 Å². The van der Waals surface area contributed by atoms with Crippen LogP contribution < -0.4 is 5.56 Å². The van der Waals surface area contributed by atoms with Crippen LogP contribution in [0.3, 0.4) is 0 Å². The number of hydrogen-bond donors (Lipinski definition) is 1. The molecule has 1 aliphatic carbocycles. The number of hydrogen-bond acceptors (Lipinski definition) is 3. The minimum absolute atomic E-state index is 0.0299. The fourth-order valence-electron chi connectivity index (χ4n) is 2.46. The van der Waals surface area contributed by atoms with Crippen LogP contribution in [0, 0.1) is 5.92 Å². The van der Waals surface area contributed by atoms with Gasteiger partial charge in [-0.2, -0.15) is 0 Å². The van der Waals surface area contributed by atoms with E-state index in [0.29, 0.717) is 11.7 Å². The van der Waals surface area contributed by atoms with Crippen molar-refractivity contribution in [3.05, 3.63) is 26.6 Å². The summed E-state index contributed by atoms with van der Waals surface area (Å²) in [6, 6.07) is 0. The van der Waals surface area contributed by atoms with Crippen LogP contribution in [0.15, 0.2) is 4.79 Å². The van der Waals surface area contributed by atoms with Crippen molar-refractivity contribution in [2.45, 2.75) is 32.1 Å². The Hall–Kier alpha value is -0.870. The molecule has 90 valence electrons. The zero-order valence-corrected chi connectivity index (χ0v) is 11.1. The molecule has 1 aliphatic rings. The fraction of sp³-hybridized carbons (Fsp3) is 0.500. The highest BCUT2D eigenvalue weighted by atomic mass is 35.5. The quantitative estimate of drug-likeness (QED) is 0.809. The summed E-state index contributed by atoms with van der Waals surface area (Å²) in [5.74, 6) is 1.53. The molecular formula is C12H13ClN2OS. The van der Waals surface area contributed by atoms with Gasteiger partial charge in [0.15, 0.2) is 0 Å². The Morgan fingerprint density at radius 1 is 1.59 bits per heavy atom. The van der Waals surface area contributed by atoms with Crippen molar-refractivity contribution in [3.8, 4) is 0 Å². The Bertz CT molecular complexity index is 631. The summed E-state index contributed by atoms with van der Waals surface area (Å²) >= 11 is 7.38. The van der Waals surface area contributed by atoms with Crippen molar-refractivity contribution in [1.29, 1.82) is 0 Å². The van der Waals surface area contributed by atoms with E-state index < -0.39 is 0 Å². The molecule has 0 bridgehead atoms. The second-order valence-electron chi connectivity index (χ2n) is 4.68. The van der Waals surface area contributed by atoms with Crippen LogP contribution in [-0.2, 0) is 18.7 Å². The predicted molar refractivity (Wildman–Crippen MR) is 71.0 cm³/mol. The molecule has 3 nitrogen and oxygen atoms in total. The normalized spacial score (nSPS) is 19.5. The van der Waals surface area contributed by atoms with Crippen molar-refractivity contribution in [1.82, 2.24) is 9.97 Å². The average Bonchev–Trinajstić information content (AvgIpc) is 2.66. The molecule has 0 unspecified atom stereocenters. The number of nitrogens with zero attached hydrogens (tertiary/aromatic N) is 1. The van der Waals surface area contributed by atoms with Crippen LogP contribution in [0.1, 0.15) is 29.6 Å². The molecule has 2 aromatic heterocycles. The number of aryl methyl sites for hydroxylation is 1. The average molecular weight is 269 g/mol. The number of H-pyrrole nitrogens is 1.